The maximum Gasteiger partial charge on any atom is 0.405 e. The van der Waals surface area contributed by atoms with Gasteiger partial charge in [0.1, 0.15) is 0 Å². The minimum Gasteiger partial charge on any atom is -0.504 e. The number of anilines is 1. The van der Waals surface area contributed by atoms with E-state index in [1.165, 1.54) is 20.3 Å². The molecule has 0 aromatic heterocycles. The summed E-state index contributed by atoms with van der Waals surface area (Å²) < 4.78 is 22.2. The number of aromatic hydroxyl groups is 1. The van der Waals surface area contributed by atoms with Crippen LogP contribution in [0.4, 0.5) is 10.5 Å². The predicted molar refractivity (Wildman–Crippen MR) is 149 cm³/mol. The molecule has 1 heterocycles. The van der Waals surface area contributed by atoms with Crippen LogP contribution in [0.25, 0.3) is 0 Å². The number of hydrogen-bond donors (Lipinski definition) is 4. The molecule has 0 radical (unpaired) electrons. The summed E-state index contributed by atoms with van der Waals surface area (Å²) in [5.74, 6) is -0.375. The Kier molecular flexibility index (Phi) is 12.3. The molecule has 1 aromatic carbocycles. The number of aliphatic hydroxyl groups is 1. The molecule has 218 valence electrons. The Labute approximate surface area is 231 Å². The molecule has 0 saturated heterocycles. The minimum absolute atomic E-state index is 0.0219. The number of rotatable bonds is 4. The molecule has 6 atom stereocenters. The normalized spacial score (nSPS) is 30.3. The van der Waals surface area contributed by atoms with Crippen LogP contribution < -0.4 is 15.8 Å². The molecule has 39 heavy (non-hydrogen) atoms. The number of methoxy groups -OCH3 is 3. The highest BCUT2D eigenvalue weighted by Gasteiger charge is 2.30. The lowest BCUT2D eigenvalue weighted by atomic mass is 9.88. The van der Waals surface area contributed by atoms with Gasteiger partial charge in [0.05, 0.1) is 25.4 Å². The van der Waals surface area contributed by atoms with Crippen molar-refractivity contribution in [3.63, 3.8) is 0 Å². The van der Waals surface area contributed by atoms with Gasteiger partial charge in [-0.1, -0.05) is 26.0 Å². The zero-order chi connectivity index (χ0) is 29.3. The van der Waals surface area contributed by atoms with Crippen molar-refractivity contribution in [1.29, 1.82) is 0 Å². The van der Waals surface area contributed by atoms with Crippen LogP contribution in [0.1, 0.15) is 52.5 Å². The molecule has 1 aliphatic heterocycles. The van der Waals surface area contributed by atoms with Crippen LogP contribution in [0.3, 0.4) is 0 Å². The highest BCUT2D eigenvalue weighted by atomic mass is 16.6. The second-order valence-corrected chi connectivity index (χ2v) is 10.3. The van der Waals surface area contributed by atoms with Crippen LogP contribution in [-0.2, 0) is 25.4 Å². The Bertz CT molecular complexity index is 1050. The molecule has 2 rings (SSSR count). The average Bonchev–Trinajstić information content (AvgIpc) is 2.87. The number of carbonyl (C=O) groups is 2. The van der Waals surface area contributed by atoms with E-state index in [-0.39, 0.29) is 23.5 Å². The number of allylic oxidation sites excluding steroid dienone is 1. The highest BCUT2D eigenvalue weighted by Crippen LogP contribution is 2.36. The third-order valence-corrected chi connectivity index (χ3v) is 7.15. The van der Waals surface area contributed by atoms with E-state index >= 15 is 0 Å². The molecule has 0 saturated carbocycles. The second kappa shape index (κ2) is 14.9. The highest BCUT2D eigenvalue weighted by molar-refractivity contribution is 6.03. The zero-order valence-corrected chi connectivity index (χ0v) is 24.0. The number of nitrogens with two attached hydrogens (primary N) is 1. The van der Waals surface area contributed by atoms with E-state index < -0.39 is 30.5 Å². The molecule has 0 unspecified atom stereocenters. The quantitative estimate of drug-likeness (QED) is 0.411. The summed E-state index contributed by atoms with van der Waals surface area (Å²) in [5.41, 5.74) is 7.69. The van der Waals surface area contributed by atoms with Crippen molar-refractivity contribution in [2.75, 3.05) is 26.6 Å². The van der Waals surface area contributed by atoms with Crippen LogP contribution in [0, 0.1) is 11.8 Å². The van der Waals surface area contributed by atoms with E-state index in [9.17, 15) is 19.8 Å². The number of hydrogen-bond acceptors (Lipinski definition) is 8. The van der Waals surface area contributed by atoms with Crippen molar-refractivity contribution in [2.45, 2.75) is 77.8 Å². The molecule has 1 aliphatic rings. The Morgan fingerprint density at radius 2 is 1.77 bits per heavy atom. The van der Waals surface area contributed by atoms with Gasteiger partial charge in [-0.15, -0.1) is 0 Å². The van der Waals surface area contributed by atoms with Gasteiger partial charge in [0.15, 0.2) is 17.6 Å². The molecule has 0 spiro atoms. The van der Waals surface area contributed by atoms with Crippen LogP contribution in [0.15, 0.2) is 35.4 Å². The van der Waals surface area contributed by atoms with E-state index in [1.807, 2.05) is 19.9 Å². The maximum atomic E-state index is 12.9. The number of aliphatic hydroxyl groups excluding tert-OH is 1. The number of benzene rings is 1. The topological polar surface area (TPSA) is 150 Å². The van der Waals surface area contributed by atoms with Gasteiger partial charge in [-0.3, -0.25) is 4.79 Å². The van der Waals surface area contributed by atoms with E-state index in [1.54, 1.807) is 33.1 Å². The predicted octanol–water partition coefficient (Wildman–Crippen LogP) is 4.09. The van der Waals surface area contributed by atoms with Crippen molar-refractivity contribution in [2.24, 2.45) is 17.6 Å². The summed E-state index contributed by atoms with van der Waals surface area (Å²) in [5, 5.41) is 24.6. The number of primary amides is 1. The standard InChI is InChI=1S/C29H44N2O8/c1-16-11-20-14-21(15-22(32)27(20)38-7)31-28(34)17(2)9-8-10-23(36-5)26(39-29(30)35)19(4)13-18(3)25(33)24(12-16)37-6/h9,13-16,18,23-26,32-33H,8,10-12H2,1-7H3,(H2,30,35)(H,31,34)/b17-9+,19-13-/t16-,18+,23+,24-,25+,26-/m0/s1. The number of fused-ring (bicyclic) bond motifs is 2. The van der Waals surface area contributed by atoms with Gasteiger partial charge in [-0.2, -0.15) is 0 Å². The Hall–Kier alpha value is -3.08. The lowest BCUT2D eigenvalue weighted by molar-refractivity contribution is -0.112. The Balaban J connectivity index is 2.53. The SMILES string of the molecule is COc1c(O)cc2cc1C[C@H](C)C[C@H](OC)[C@H](O)[C@H](C)/C=C(/C)[C@H](OC(N)=O)[C@H](OC)CC/C=C(\C)C(=O)N2. The first-order valence-corrected chi connectivity index (χ1v) is 13.2. The molecular weight excluding hydrogens is 504 g/mol. The van der Waals surface area contributed by atoms with Gasteiger partial charge < -0.3 is 40.2 Å². The first-order valence-electron chi connectivity index (χ1n) is 13.2. The lowest BCUT2D eigenvalue weighted by Gasteiger charge is -2.30. The van der Waals surface area contributed by atoms with E-state index in [2.05, 4.69) is 5.32 Å². The smallest absolute Gasteiger partial charge is 0.405 e. The molecule has 2 bridgehead atoms. The second-order valence-electron chi connectivity index (χ2n) is 10.3. The summed E-state index contributed by atoms with van der Waals surface area (Å²) in [6, 6.07) is 3.24. The van der Waals surface area contributed by atoms with E-state index in [4.69, 9.17) is 24.7 Å². The third kappa shape index (κ3) is 8.98. The Morgan fingerprint density at radius 1 is 1.10 bits per heavy atom. The van der Waals surface area contributed by atoms with Crippen molar-refractivity contribution in [3.05, 3.63) is 41.0 Å². The van der Waals surface area contributed by atoms with Gasteiger partial charge in [0.25, 0.3) is 5.91 Å². The zero-order valence-electron chi connectivity index (χ0n) is 24.0. The van der Waals surface area contributed by atoms with Crippen molar-refractivity contribution in [3.8, 4) is 11.5 Å². The summed E-state index contributed by atoms with van der Waals surface area (Å²) in [4.78, 5) is 24.6. The third-order valence-electron chi connectivity index (χ3n) is 7.15. The summed E-state index contributed by atoms with van der Waals surface area (Å²) in [6.45, 7) is 7.38. The van der Waals surface area contributed by atoms with Crippen LogP contribution >= 0.6 is 0 Å². The lowest BCUT2D eigenvalue weighted by Crippen LogP contribution is -2.37. The fourth-order valence-corrected chi connectivity index (χ4v) is 5.08. The van der Waals surface area contributed by atoms with E-state index in [0.717, 1.165) is 5.56 Å². The molecule has 10 heteroatoms. The number of ether oxygens (including phenoxy) is 4. The van der Waals surface area contributed by atoms with Crippen LogP contribution in [0.2, 0.25) is 0 Å². The monoisotopic (exact) mass is 548 g/mol. The molecular formula is C29H44N2O8. The average molecular weight is 549 g/mol. The van der Waals surface area contributed by atoms with Crippen molar-refractivity contribution >= 4 is 17.7 Å². The van der Waals surface area contributed by atoms with Crippen molar-refractivity contribution < 1.29 is 38.7 Å². The molecule has 10 nitrogen and oxygen atoms in total. The molecule has 1 aromatic rings. The summed E-state index contributed by atoms with van der Waals surface area (Å²) in [7, 11) is 4.55. The largest absolute Gasteiger partial charge is 0.504 e. The minimum atomic E-state index is -0.934. The molecule has 0 fully saturated rings. The van der Waals surface area contributed by atoms with Gasteiger partial charge in [-0.25, -0.2) is 4.79 Å². The van der Waals surface area contributed by atoms with Crippen LogP contribution in [0.5, 0.6) is 11.5 Å². The number of phenols is 1. The van der Waals surface area contributed by atoms with Crippen LogP contribution in [-0.4, -0.2) is 68.0 Å². The number of phenolic OH excluding ortho intramolecular Hbond substituents is 1. The number of nitrogens with one attached hydrogen (secondary N) is 1. The molecule has 0 aliphatic carbocycles. The van der Waals surface area contributed by atoms with Crippen molar-refractivity contribution in [1.82, 2.24) is 0 Å². The summed E-state index contributed by atoms with van der Waals surface area (Å²) in [6.07, 6.45) is 1.95. The number of amides is 2. The first kappa shape index (κ1) is 32.1. The van der Waals surface area contributed by atoms with Gasteiger partial charge in [0, 0.05) is 43.0 Å². The first-order chi connectivity index (χ1) is 18.4. The van der Waals surface area contributed by atoms with Gasteiger partial charge in [-0.05, 0) is 57.1 Å². The maximum absolute atomic E-state index is 12.9. The van der Waals surface area contributed by atoms with E-state index in [0.29, 0.717) is 48.3 Å². The van der Waals surface area contributed by atoms with Gasteiger partial charge in [0.2, 0.25) is 0 Å². The Morgan fingerprint density at radius 3 is 2.36 bits per heavy atom. The number of carbonyl (C=O) groups excluding carboxylic acids is 2. The fraction of sp³-hybridized carbons (Fsp3) is 0.586. The summed E-state index contributed by atoms with van der Waals surface area (Å²) >= 11 is 0. The fourth-order valence-electron chi connectivity index (χ4n) is 5.08. The molecule has 5 N–H and O–H groups in total. The van der Waals surface area contributed by atoms with Gasteiger partial charge >= 0.3 is 6.09 Å². The molecule has 2 amide bonds.